The number of carbonyl (C=O) groups excluding carboxylic acids is 1. The van der Waals surface area contributed by atoms with E-state index in [2.05, 4.69) is 15.9 Å². The van der Waals surface area contributed by atoms with Crippen molar-refractivity contribution in [3.63, 3.8) is 0 Å². The summed E-state index contributed by atoms with van der Waals surface area (Å²) in [4.78, 5) is 14.2. The minimum Gasteiger partial charge on any atom is -0.393 e. The molecule has 0 radical (unpaired) electrons. The van der Waals surface area contributed by atoms with Gasteiger partial charge in [-0.25, -0.2) is 0 Å². The van der Waals surface area contributed by atoms with Crippen LogP contribution >= 0.6 is 15.9 Å². The van der Waals surface area contributed by atoms with E-state index in [1.165, 1.54) is 0 Å². The molecule has 1 amide bonds. The van der Waals surface area contributed by atoms with Crippen molar-refractivity contribution in [3.8, 4) is 0 Å². The van der Waals surface area contributed by atoms with Gasteiger partial charge in [-0.2, -0.15) is 0 Å². The number of amides is 1. The summed E-state index contributed by atoms with van der Waals surface area (Å²) in [5.74, 6) is 0.261. The second-order valence-corrected chi connectivity index (χ2v) is 5.82. The molecule has 0 saturated carbocycles. The van der Waals surface area contributed by atoms with Gasteiger partial charge in [0.25, 0.3) is 5.91 Å². The van der Waals surface area contributed by atoms with E-state index in [0.29, 0.717) is 12.1 Å². The predicted molar refractivity (Wildman–Crippen MR) is 74.5 cm³/mol. The maximum atomic E-state index is 12.3. The zero-order valence-electron chi connectivity index (χ0n) is 10.5. The SMILES string of the molecule is CC(O)C1CCCN(C(=O)c2cccc(Br)c2)C1. The quantitative estimate of drug-likeness (QED) is 0.912. The van der Waals surface area contributed by atoms with Gasteiger partial charge < -0.3 is 10.0 Å². The molecule has 1 aromatic carbocycles. The highest BCUT2D eigenvalue weighted by Gasteiger charge is 2.26. The van der Waals surface area contributed by atoms with E-state index in [0.717, 1.165) is 23.9 Å². The summed E-state index contributed by atoms with van der Waals surface area (Å²) in [6.07, 6.45) is 1.62. The molecule has 0 aromatic heterocycles. The van der Waals surface area contributed by atoms with Crippen molar-refractivity contribution in [2.45, 2.75) is 25.9 Å². The third-order valence-corrected chi connectivity index (χ3v) is 3.99. The first kappa shape index (κ1) is 13.6. The maximum Gasteiger partial charge on any atom is 0.253 e. The second-order valence-electron chi connectivity index (χ2n) is 4.90. The first-order valence-electron chi connectivity index (χ1n) is 6.31. The molecule has 1 aliphatic rings. The number of carbonyl (C=O) groups is 1. The molecule has 3 nitrogen and oxygen atoms in total. The third-order valence-electron chi connectivity index (χ3n) is 3.50. The van der Waals surface area contributed by atoms with Gasteiger partial charge in [-0.3, -0.25) is 4.79 Å². The molecule has 1 aliphatic heterocycles. The summed E-state index contributed by atoms with van der Waals surface area (Å²) in [7, 11) is 0. The van der Waals surface area contributed by atoms with Gasteiger partial charge in [0, 0.05) is 29.0 Å². The van der Waals surface area contributed by atoms with E-state index in [9.17, 15) is 9.90 Å². The minimum absolute atomic E-state index is 0.0571. The summed E-state index contributed by atoms with van der Waals surface area (Å²) in [6, 6.07) is 7.45. The number of aliphatic hydroxyl groups excluding tert-OH is 1. The fourth-order valence-electron chi connectivity index (χ4n) is 2.39. The summed E-state index contributed by atoms with van der Waals surface area (Å²) in [5.41, 5.74) is 0.704. The Morgan fingerprint density at radius 1 is 1.56 bits per heavy atom. The Balaban J connectivity index is 2.09. The zero-order valence-corrected chi connectivity index (χ0v) is 12.1. The van der Waals surface area contributed by atoms with Crippen LogP contribution in [-0.4, -0.2) is 35.1 Å². The fourth-order valence-corrected chi connectivity index (χ4v) is 2.79. The van der Waals surface area contributed by atoms with Crippen molar-refractivity contribution in [3.05, 3.63) is 34.3 Å². The smallest absolute Gasteiger partial charge is 0.253 e. The average Bonchev–Trinajstić information content (AvgIpc) is 2.38. The predicted octanol–water partition coefficient (Wildman–Crippen LogP) is 2.68. The average molecular weight is 312 g/mol. The number of nitrogens with zero attached hydrogens (tertiary/aromatic N) is 1. The number of hydrogen-bond donors (Lipinski definition) is 1. The van der Waals surface area contributed by atoms with Crippen molar-refractivity contribution < 1.29 is 9.90 Å². The van der Waals surface area contributed by atoms with Gasteiger partial charge in [0.05, 0.1) is 6.10 Å². The normalized spacial score (nSPS) is 21.7. The molecule has 2 rings (SSSR count). The van der Waals surface area contributed by atoms with E-state index < -0.39 is 0 Å². The van der Waals surface area contributed by atoms with Crippen molar-refractivity contribution in [1.29, 1.82) is 0 Å². The van der Waals surface area contributed by atoms with Crippen LogP contribution in [0.3, 0.4) is 0 Å². The molecule has 2 unspecified atom stereocenters. The summed E-state index contributed by atoms with van der Waals surface area (Å²) < 4.78 is 0.914. The van der Waals surface area contributed by atoms with Gasteiger partial charge in [-0.15, -0.1) is 0 Å². The van der Waals surface area contributed by atoms with Crippen LogP contribution in [0.4, 0.5) is 0 Å². The third kappa shape index (κ3) is 3.12. The lowest BCUT2D eigenvalue weighted by atomic mass is 9.93. The lowest BCUT2D eigenvalue weighted by Crippen LogP contribution is -2.42. The van der Waals surface area contributed by atoms with E-state index in [-0.39, 0.29) is 17.9 Å². The Bertz CT molecular complexity index is 434. The van der Waals surface area contributed by atoms with Gasteiger partial charge in [-0.05, 0) is 38.0 Å². The van der Waals surface area contributed by atoms with Gasteiger partial charge in [0.2, 0.25) is 0 Å². The lowest BCUT2D eigenvalue weighted by Gasteiger charge is -2.34. The maximum absolute atomic E-state index is 12.3. The van der Waals surface area contributed by atoms with Crippen LogP contribution in [0.25, 0.3) is 0 Å². The largest absolute Gasteiger partial charge is 0.393 e. The van der Waals surface area contributed by atoms with Crippen LogP contribution in [0.1, 0.15) is 30.1 Å². The number of benzene rings is 1. The van der Waals surface area contributed by atoms with Gasteiger partial charge in [0.1, 0.15) is 0 Å². The number of piperidine rings is 1. The lowest BCUT2D eigenvalue weighted by molar-refractivity contribution is 0.0466. The molecule has 0 spiro atoms. The molecule has 0 bridgehead atoms. The monoisotopic (exact) mass is 311 g/mol. The van der Waals surface area contributed by atoms with E-state index in [1.807, 2.05) is 29.2 Å². The highest BCUT2D eigenvalue weighted by atomic mass is 79.9. The Labute approximate surface area is 116 Å². The topological polar surface area (TPSA) is 40.5 Å². The molecule has 1 heterocycles. The Kier molecular flexibility index (Phi) is 4.40. The summed E-state index contributed by atoms with van der Waals surface area (Å²) in [5, 5.41) is 9.65. The Hall–Kier alpha value is -0.870. The van der Waals surface area contributed by atoms with Crippen LogP contribution in [0.15, 0.2) is 28.7 Å². The van der Waals surface area contributed by atoms with Crippen LogP contribution < -0.4 is 0 Å². The number of halogens is 1. The van der Waals surface area contributed by atoms with Crippen molar-refractivity contribution in [1.82, 2.24) is 4.90 Å². The zero-order chi connectivity index (χ0) is 13.1. The van der Waals surface area contributed by atoms with Crippen LogP contribution in [0.5, 0.6) is 0 Å². The second kappa shape index (κ2) is 5.85. The fraction of sp³-hybridized carbons (Fsp3) is 0.500. The highest BCUT2D eigenvalue weighted by Crippen LogP contribution is 2.22. The number of rotatable bonds is 2. The molecular formula is C14H18BrNO2. The summed E-state index contributed by atoms with van der Waals surface area (Å²) in [6.45, 7) is 3.25. The molecule has 18 heavy (non-hydrogen) atoms. The molecule has 1 saturated heterocycles. The van der Waals surface area contributed by atoms with Crippen LogP contribution in [0, 0.1) is 5.92 Å². The molecule has 2 atom stereocenters. The molecule has 0 aliphatic carbocycles. The van der Waals surface area contributed by atoms with Gasteiger partial charge >= 0.3 is 0 Å². The van der Waals surface area contributed by atoms with Crippen molar-refractivity contribution >= 4 is 21.8 Å². The Morgan fingerprint density at radius 2 is 2.33 bits per heavy atom. The number of aliphatic hydroxyl groups is 1. The van der Waals surface area contributed by atoms with E-state index in [1.54, 1.807) is 6.92 Å². The molecule has 1 aromatic rings. The molecule has 1 N–H and O–H groups in total. The van der Waals surface area contributed by atoms with E-state index >= 15 is 0 Å². The molecular weight excluding hydrogens is 294 g/mol. The standard InChI is InChI=1S/C14H18BrNO2/c1-10(17)12-5-3-7-16(9-12)14(18)11-4-2-6-13(15)8-11/h2,4,6,8,10,12,17H,3,5,7,9H2,1H3. The number of hydrogen-bond acceptors (Lipinski definition) is 2. The minimum atomic E-state index is -0.344. The van der Waals surface area contributed by atoms with Gasteiger partial charge in [-0.1, -0.05) is 22.0 Å². The van der Waals surface area contributed by atoms with Crippen LogP contribution in [-0.2, 0) is 0 Å². The summed E-state index contributed by atoms with van der Waals surface area (Å²) >= 11 is 3.38. The van der Waals surface area contributed by atoms with E-state index in [4.69, 9.17) is 0 Å². The Morgan fingerprint density at radius 3 is 3.00 bits per heavy atom. The molecule has 1 fully saturated rings. The molecule has 98 valence electrons. The molecule has 4 heteroatoms. The highest BCUT2D eigenvalue weighted by molar-refractivity contribution is 9.10. The number of likely N-dealkylation sites (tertiary alicyclic amines) is 1. The van der Waals surface area contributed by atoms with Crippen molar-refractivity contribution in [2.75, 3.05) is 13.1 Å². The van der Waals surface area contributed by atoms with Crippen molar-refractivity contribution in [2.24, 2.45) is 5.92 Å². The van der Waals surface area contributed by atoms with Gasteiger partial charge in [0.15, 0.2) is 0 Å². The first-order valence-corrected chi connectivity index (χ1v) is 7.10. The van der Waals surface area contributed by atoms with Crippen LogP contribution in [0.2, 0.25) is 0 Å². The first-order chi connectivity index (χ1) is 8.58.